The van der Waals surface area contributed by atoms with Crippen molar-refractivity contribution in [2.45, 2.75) is 12.3 Å². The summed E-state index contributed by atoms with van der Waals surface area (Å²) in [5.41, 5.74) is 1.28. The molecule has 150 valence electrons. The highest BCUT2D eigenvalue weighted by atomic mass is 35.5. The predicted molar refractivity (Wildman–Crippen MR) is 106 cm³/mol. The van der Waals surface area contributed by atoms with Crippen LogP contribution in [0, 0.1) is 0 Å². The van der Waals surface area contributed by atoms with Gasteiger partial charge in [-0.15, -0.1) is 0 Å². The second-order valence-electron chi connectivity index (χ2n) is 6.46. The van der Waals surface area contributed by atoms with E-state index < -0.39 is 11.9 Å². The quantitative estimate of drug-likeness (QED) is 0.471. The van der Waals surface area contributed by atoms with Gasteiger partial charge in [0.15, 0.2) is 11.5 Å². The van der Waals surface area contributed by atoms with Crippen molar-refractivity contribution in [3.63, 3.8) is 0 Å². The topological polar surface area (TPSA) is 84.2 Å². The van der Waals surface area contributed by atoms with Gasteiger partial charge in [0.1, 0.15) is 22.6 Å². The molecule has 2 aromatic carbocycles. The lowest BCUT2D eigenvalue weighted by Crippen LogP contribution is -2.22. The smallest absolute Gasteiger partial charge is 0.312 e. The summed E-state index contributed by atoms with van der Waals surface area (Å²) in [5.74, 6) is 0.825. The van der Waals surface area contributed by atoms with Crippen LogP contribution in [0.25, 0.3) is 11.0 Å². The van der Waals surface area contributed by atoms with Crippen LogP contribution in [-0.4, -0.2) is 27.3 Å². The summed E-state index contributed by atoms with van der Waals surface area (Å²) in [6.45, 7) is 0. The summed E-state index contributed by atoms with van der Waals surface area (Å²) in [4.78, 5) is 24.7. The highest BCUT2D eigenvalue weighted by molar-refractivity contribution is 6.30. The maximum atomic E-state index is 12.4. The minimum atomic E-state index is -0.451. The third-order valence-corrected chi connectivity index (χ3v) is 5.19. The van der Waals surface area contributed by atoms with Crippen LogP contribution in [0.3, 0.4) is 0 Å². The number of hydrogen-bond donors (Lipinski definition) is 0. The first-order valence-corrected chi connectivity index (χ1v) is 9.10. The number of hydrogen-bond acceptors (Lipinski definition) is 7. The first-order valence-electron chi connectivity index (χ1n) is 8.73. The van der Waals surface area contributed by atoms with Crippen LogP contribution in [0.2, 0.25) is 5.02 Å². The van der Waals surface area contributed by atoms with Crippen molar-refractivity contribution in [2.75, 3.05) is 21.3 Å². The average molecular weight is 417 g/mol. The predicted octanol–water partition coefficient (Wildman–Crippen LogP) is 3.91. The number of halogens is 1. The Kier molecular flexibility index (Phi) is 4.84. The Hall–Kier alpha value is -3.19. The molecule has 0 aliphatic carbocycles. The molecule has 0 unspecified atom stereocenters. The summed E-state index contributed by atoms with van der Waals surface area (Å²) in [7, 11) is 4.54. The van der Waals surface area contributed by atoms with Gasteiger partial charge in [-0.25, -0.2) is 0 Å². The molecule has 3 aromatic rings. The maximum Gasteiger partial charge on any atom is 0.312 e. The van der Waals surface area contributed by atoms with Crippen molar-refractivity contribution in [1.29, 1.82) is 0 Å². The molecule has 2 heterocycles. The molecule has 0 bridgehead atoms. The SMILES string of the molecule is COc1cc([C@@H]2CC(=O)Oc3ccc4c(=O)c(Cl)coc4c32)cc(OC)c1OC. The second-order valence-corrected chi connectivity index (χ2v) is 6.86. The molecule has 0 saturated carbocycles. The lowest BCUT2D eigenvalue weighted by Gasteiger charge is -2.26. The molecular formula is C21H17ClO7. The van der Waals surface area contributed by atoms with Crippen LogP contribution in [-0.2, 0) is 4.79 Å². The Morgan fingerprint density at radius 1 is 1.03 bits per heavy atom. The third-order valence-electron chi connectivity index (χ3n) is 4.93. The number of esters is 1. The Balaban J connectivity index is 2.00. The van der Waals surface area contributed by atoms with Crippen LogP contribution < -0.4 is 24.4 Å². The van der Waals surface area contributed by atoms with E-state index in [2.05, 4.69) is 0 Å². The van der Waals surface area contributed by atoms with Gasteiger partial charge >= 0.3 is 5.97 Å². The molecule has 1 aliphatic rings. The molecule has 7 nitrogen and oxygen atoms in total. The van der Waals surface area contributed by atoms with Crippen LogP contribution in [0.15, 0.2) is 39.7 Å². The fraction of sp³-hybridized carbons (Fsp3) is 0.238. The minimum absolute atomic E-state index is 0.0189. The normalized spacial score (nSPS) is 15.6. The van der Waals surface area contributed by atoms with Gasteiger partial charge in [0.25, 0.3) is 0 Å². The molecule has 0 N–H and O–H groups in total. The number of rotatable bonds is 4. The van der Waals surface area contributed by atoms with Gasteiger partial charge < -0.3 is 23.4 Å². The number of benzene rings is 2. The summed E-state index contributed by atoms with van der Waals surface area (Å²) in [6.07, 6.45) is 1.24. The van der Waals surface area contributed by atoms with E-state index in [0.717, 1.165) is 5.56 Å². The van der Waals surface area contributed by atoms with Crippen LogP contribution in [0.4, 0.5) is 0 Å². The van der Waals surface area contributed by atoms with Crippen LogP contribution in [0.5, 0.6) is 23.0 Å². The van der Waals surface area contributed by atoms with E-state index in [1.165, 1.54) is 33.7 Å². The Morgan fingerprint density at radius 3 is 2.34 bits per heavy atom. The number of carbonyl (C=O) groups is 1. The summed E-state index contributed by atoms with van der Waals surface area (Å²) in [5, 5.41) is 0.293. The molecular weight excluding hydrogens is 400 g/mol. The molecule has 1 aliphatic heterocycles. The van der Waals surface area contributed by atoms with E-state index in [0.29, 0.717) is 39.5 Å². The van der Waals surface area contributed by atoms with E-state index in [4.69, 9.17) is 35.0 Å². The summed E-state index contributed by atoms with van der Waals surface area (Å²) in [6, 6.07) is 6.65. The standard InChI is InChI=1S/C21H17ClO7/c1-25-15-6-10(7-16(26-2)21(15)27-3)12-8-17(23)29-14-5-4-11-19(24)13(22)9-28-20(11)18(12)14/h4-7,9,12H,8H2,1-3H3/t12-/m0/s1. The monoisotopic (exact) mass is 416 g/mol. The fourth-order valence-corrected chi connectivity index (χ4v) is 3.77. The van der Waals surface area contributed by atoms with Gasteiger partial charge in [0.05, 0.1) is 33.1 Å². The van der Waals surface area contributed by atoms with Gasteiger partial charge in [-0.1, -0.05) is 11.6 Å². The van der Waals surface area contributed by atoms with Crippen LogP contribution in [0.1, 0.15) is 23.5 Å². The number of ether oxygens (including phenoxy) is 4. The first kappa shape index (κ1) is 19.1. The molecule has 29 heavy (non-hydrogen) atoms. The number of carbonyl (C=O) groups excluding carboxylic acids is 1. The van der Waals surface area contributed by atoms with E-state index in [9.17, 15) is 9.59 Å². The van der Waals surface area contributed by atoms with E-state index in [1.807, 2.05) is 0 Å². The van der Waals surface area contributed by atoms with Crippen molar-refractivity contribution in [3.8, 4) is 23.0 Å². The molecule has 4 rings (SSSR count). The molecule has 0 fully saturated rings. The van der Waals surface area contributed by atoms with Gasteiger partial charge in [-0.3, -0.25) is 9.59 Å². The third kappa shape index (κ3) is 3.07. The fourth-order valence-electron chi connectivity index (χ4n) is 3.62. The molecule has 8 heteroatoms. The number of methoxy groups -OCH3 is 3. The van der Waals surface area contributed by atoms with Crippen LogP contribution >= 0.6 is 11.6 Å². The highest BCUT2D eigenvalue weighted by Gasteiger charge is 2.33. The van der Waals surface area contributed by atoms with Gasteiger partial charge in [0, 0.05) is 11.5 Å². The molecule has 0 spiro atoms. The van der Waals surface area contributed by atoms with Gasteiger partial charge in [-0.2, -0.15) is 0 Å². The van der Waals surface area contributed by atoms with E-state index in [1.54, 1.807) is 18.2 Å². The molecule has 0 amide bonds. The Bertz CT molecular complexity index is 1160. The summed E-state index contributed by atoms with van der Waals surface area (Å²) >= 11 is 5.92. The Labute approximate surface area is 170 Å². The van der Waals surface area contributed by atoms with Gasteiger partial charge in [0.2, 0.25) is 11.2 Å². The highest BCUT2D eigenvalue weighted by Crippen LogP contribution is 2.47. The summed E-state index contributed by atoms with van der Waals surface area (Å²) < 4.78 is 27.3. The zero-order valence-corrected chi connectivity index (χ0v) is 16.7. The average Bonchev–Trinajstić information content (AvgIpc) is 2.74. The maximum absolute atomic E-state index is 12.4. The van der Waals surface area contributed by atoms with E-state index >= 15 is 0 Å². The van der Waals surface area contributed by atoms with Gasteiger partial charge in [-0.05, 0) is 29.8 Å². The minimum Gasteiger partial charge on any atom is -0.493 e. The lowest BCUT2D eigenvalue weighted by atomic mass is 9.85. The Morgan fingerprint density at radius 2 is 1.72 bits per heavy atom. The van der Waals surface area contributed by atoms with E-state index in [-0.39, 0.29) is 16.9 Å². The van der Waals surface area contributed by atoms with Crippen molar-refractivity contribution >= 4 is 28.5 Å². The molecule has 1 aromatic heterocycles. The zero-order chi connectivity index (χ0) is 20.7. The second kappa shape index (κ2) is 7.33. The number of fused-ring (bicyclic) bond motifs is 3. The zero-order valence-electron chi connectivity index (χ0n) is 15.9. The molecule has 1 atom stereocenters. The molecule has 0 radical (unpaired) electrons. The van der Waals surface area contributed by atoms with Crippen molar-refractivity contribution < 1.29 is 28.2 Å². The first-order chi connectivity index (χ1) is 14.0. The van der Waals surface area contributed by atoms with Crippen molar-refractivity contribution in [3.05, 3.63) is 56.9 Å². The van der Waals surface area contributed by atoms with Crippen molar-refractivity contribution in [1.82, 2.24) is 0 Å². The lowest BCUT2D eigenvalue weighted by molar-refractivity contribution is -0.135. The molecule has 0 saturated heterocycles. The van der Waals surface area contributed by atoms with Crippen molar-refractivity contribution in [2.24, 2.45) is 0 Å². The largest absolute Gasteiger partial charge is 0.493 e.